The summed E-state index contributed by atoms with van der Waals surface area (Å²) >= 11 is 0. The Morgan fingerprint density at radius 2 is 1.63 bits per heavy atom. The van der Waals surface area contributed by atoms with E-state index in [-0.39, 0.29) is 43.4 Å². The molecule has 298 valence electrons. The van der Waals surface area contributed by atoms with E-state index in [1.165, 1.54) is 23.2 Å². The van der Waals surface area contributed by atoms with Crippen LogP contribution >= 0.6 is 0 Å². The van der Waals surface area contributed by atoms with Gasteiger partial charge in [-0.25, -0.2) is 0 Å². The number of aliphatic imine (C=N–C) groups is 1. The number of nitrogens with one attached hydrogen (secondary N) is 5. The summed E-state index contributed by atoms with van der Waals surface area (Å²) in [7, 11) is 0. The standard InChI is InChI=1S/C37H56N8O9/c1-6-22(5)32-36(53)43-28(19-46)37(54)45-18-21(4)14-29(45)35(52)41-24(13-20(2)3)16-39-27(15-23-7-9-25(47)10-8-23)33(50)40-17-31(49)42-26(34(51)44-32)11-12-30(38)48/h7-10,16,20-22,24,26-29,32,46-47H,6,11-15,17-19H2,1-5H3,(H2,38,48)(H,40,50)(H,41,52)(H,42,49)(H,43,53)(H,44,51)/b39-16+/t21-,22-,24-,26+,27-,28-,29-,32-/m0/s1. The molecule has 8 atom stereocenters. The SMILES string of the molecule is CC[C@H](C)[C@@H]1NC(=O)[C@@H](CCC(N)=O)NC(=O)CNC(=O)[C@H](Cc2ccc(O)cc2)/N=C/[C@H](CC(C)C)NC(=O)[C@@H]2C[C@H](C)CN2C(=O)[C@H](CO)NC1=O. The predicted octanol–water partition coefficient (Wildman–Crippen LogP) is -0.970. The molecule has 9 N–H and O–H groups in total. The third kappa shape index (κ3) is 12.8. The molecule has 0 aliphatic carbocycles. The summed E-state index contributed by atoms with van der Waals surface area (Å²) in [5.41, 5.74) is 5.99. The average molecular weight is 757 g/mol. The molecule has 1 saturated heterocycles. The van der Waals surface area contributed by atoms with Crippen molar-refractivity contribution in [3.05, 3.63) is 29.8 Å². The highest BCUT2D eigenvalue weighted by molar-refractivity contribution is 5.97. The van der Waals surface area contributed by atoms with Crippen molar-refractivity contribution in [3.63, 3.8) is 0 Å². The van der Waals surface area contributed by atoms with Crippen molar-refractivity contribution in [1.82, 2.24) is 31.5 Å². The van der Waals surface area contributed by atoms with Crippen molar-refractivity contribution in [2.75, 3.05) is 19.7 Å². The summed E-state index contributed by atoms with van der Waals surface area (Å²) in [5.74, 6) is -5.35. The second kappa shape index (κ2) is 20.4. The fourth-order valence-corrected chi connectivity index (χ4v) is 6.45. The maximum absolute atomic E-state index is 13.9. The van der Waals surface area contributed by atoms with Crippen molar-refractivity contribution in [2.45, 2.75) is 109 Å². The van der Waals surface area contributed by atoms with Crippen molar-refractivity contribution < 1.29 is 43.8 Å². The smallest absolute Gasteiger partial charge is 0.248 e. The molecule has 17 nitrogen and oxygen atoms in total. The number of rotatable bonds is 10. The largest absolute Gasteiger partial charge is 0.508 e. The van der Waals surface area contributed by atoms with Gasteiger partial charge in [-0.15, -0.1) is 0 Å². The Balaban J connectivity index is 2.07. The maximum atomic E-state index is 13.9. The van der Waals surface area contributed by atoms with Crippen molar-refractivity contribution in [2.24, 2.45) is 28.5 Å². The number of carbonyl (C=O) groups excluding carboxylic acids is 7. The van der Waals surface area contributed by atoms with E-state index in [1.54, 1.807) is 26.0 Å². The van der Waals surface area contributed by atoms with Crippen LogP contribution in [0.25, 0.3) is 0 Å². The van der Waals surface area contributed by atoms with Gasteiger partial charge in [-0.2, -0.15) is 0 Å². The van der Waals surface area contributed by atoms with Crippen LogP contribution in [0.1, 0.15) is 72.3 Å². The van der Waals surface area contributed by atoms with Crippen LogP contribution < -0.4 is 32.3 Å². The highest BCUT2D eigenvalue weighted by Gasteiger charge is 2.42. The molecule has 2 heterocycles. The minimum atomic E-state index is -1.44. The number of aliphatic hydroxyl groups excluding tert-OH is 1. The first-order chi connectivity index (χ1) is 25.5. The number of nitrogens with two attached hydrogens (primary N) is 1. The molecule has 0 saturated carbocycles. The Hall–Kier alpha value is -5.06. The molecule has 1 aromatic carbocycles. The normalized spacial score (nSPS) is 27.8. The first-order valence-corrected chi connectivity index (χ1v) is 18.5. The van der Waals surface area contributed by atoms with E-state index in [4.69, 9.17) is 5.73 Å². The number of hydrogen-bond acceptors (Lipinski definition) is 10. The summed E-state index contributed by atoms with van der Waals surface area (Å²) in [6, 6.07) is -0.503. The number of aromatic hydroxyl groups is 1. The minimum absolute atomic E-state index is 0.0274. The Bertz CT molecular complexity index is 1540. The number of phenolic OH excluding ortho intramolecular Hbond substituents is 1. The van der Waals surface area contributed by atoms with Crippen LogP contribution in [0, 0.1) is 17.8 Å². The Morgan fingerprint density at radius 1 is 0.944 bits per heavy atom. The molecule has 7 amide bonds. The summed E-state index contributed by atoms with van der Waals surface area (Å²) in [4.78, 5) is 99.3. The number of hydrogen-bond donors (Lipinski definition) is 8. The number of fused-ring (bicyclic) bond motifs is 1. The van der Waals surface area contributed by atoms with Crippen molar-refractivity contribution in [1.29, 1.82) is 0 Å². The molecule has 0 radical (unpaired) electrons. The van der Waals surface area contributed by atoms with Gasteiger partial charge in [0, 0.05) is 25.6 Å². The second-order valence-electron chi connectivity index (χ2n) is 14.7. The molecule has 3 rings (SSSR count). The van der Waals surface area contributed by atoms with Gasteiger partial charge in [-0.1, -0.05) is 53.2 Å². The van der Waals surface area contributed by atoms with Crippen LogP contribution in [-0.4, -0.2) is 119 Å². The Morgan fingerprint density at radius 3 is 2.24 bits per heavy atom. The molecule has 17 heteroatoms. The van der Waals surface area contributed by atoms with Gasteiger partial charge in [0.15, 0.2) is 0 Å². The van der Waals surface area contributed by atoms with E-state index in [1.807, 2.05) is 20.8 Å². The van der Waals surface area contributed by atoms with E-state index in [2.05, 4.69) is 31.6 Å². The molecule has 0 bridgehead atoms. The zero-order valence-electron chi connectivity index (χ0n) is 31.7. The zero-order chi connectivity index (χ0) is 40.1. The second-order valence-corrected chi connectivity index (χ2v) is 14.7. The van der Waals surface area contributed by atoms with Crippen LogP contribution in [0.5, 0.6) is 5.75 Å². The molecular formula is C37H56N8O9. The van der Waals surface area contributed by atoms with Gasteiger partial charge < -0.3 is 47.4 Å². The molecular weight excluding hydrogens is 700 g/mol. The number of primary amides is 1. The molecule has 2 aliphatic rings. The van der Waals surface area contributed by atoms with Crippen molar-refractivity contribution in [3.8, 4) is 5.75 Å². The highest BCUT2D eigenvalue weighted by Crippen LogP contribution is 2.25. The fourth-order valence-electron chi connectivity index (χ4n) is 6.45. The molecule has 1 aromatic rings. The molecule has 1 fully saturated rings. The summed E-state index contributed by atoms with van der Waals surface area (Å²) < 4.78 is 0. The third-order valence-corrected chi connectivity index (χ3v) is 9.61. The van der Waals surface area contributed by atoms with Gasteiger partial charge in [0.05, 0.1) is 19.2 Å². The van der Waals surface area contributed by atoms with E-state index in [9.17, 15) is 43.8 Å². The number of phenols is 1. The van der Waals surface area contributed by atoms with Gasteiger partial charge >= 0.3 is 0 Å². The Labute approximate surface area is 315 Å². The fraction of sp³-hybridized carbons (Fsp3) is 0.622. The summed E-state index contributed by atoms with van der Waals surface area (Å²) in [6.07, 6.45) is 2.20. The van der Waals surface area contributed by atoms with Gasteiger partial charge in [0.1, 0.15) is 36.0 Å². The molecule has 0 spiro atoms. The molecule has 0 unspecified atom stereocenters. The minimum Gasteiger partial charge on any atom is -0.508 e. The summed E-state index contributed by atoms with van der Waals surface area (Å²) in [6.45, 7) is 8.09. The molecule has 54 heavy (non-hydrogen) atoms. The van der Waals surface area contributed by atoms with Crippen LogP contribution in [0.2, 0.25) is 0 Å². The Kier molecular flexibility index (Phi) is 16.4. The van der Waals surface area contributed by atoms with Crippen LogP contribution in [0.3, 0.4) is 0 Å². The summed E-state index contributed by atoms with van der Waals surface area (Å²) in [5, 5.41) is 33.3. The topological polar surface area (TPSA) is 262 Å². The van der Waals surface area contributed by atoms with Gasteiger partial charge in [0.25, 0.3) is 0 Å². The first kappa shape index (κ1) is 43.3. The van der Waals surface area contributed by atoms with Crippen LogP contribution in [0.4, 0.5) is 0 Å². The zero-order valence-corrected chi connectivity index (χ0v) is 31.7. The highest BCUT2D eigenvalue weighted by atomic mass is 16.3. The third-order valence-electron chi connectivity index (χ3n) is 9.61. The quantitative estimate of drug-likeness (QED) is 0.146. The van der Waals surface area contributed by atoms with Gasteiger partial charge in [-0.05, 0) is 54.7 Å². The molecule has 0 aromatic heterocycles. The number of nitrogens with zero attached hydrogens (tertiary/aromatic N) is 2. The maximum Gasteiger partial charge on any atom is 0.248 e. The number of amides is 7. The lowest BCUT2D eigenvalue weighted by atomic mass is 9.97. The van der Waals surface area contributed by atoms with E-state index in [0.29, 0.717) is 24.8 Å². The lowest BCUT2D eigenvalue weighted by molar-refractivity contribution is -0.143. The number of benzene rings is 1. The first-order valence-electron chi connectivity index (χ1n) is 18.5. The van der Waals surface area contributed by atoms with Gasteiger partial charge in [0.2, 0.25) is 41.4 Å². The average Bonchev–Trinajstić information content (AvgIpc) is 3.52. The van der Waals surface area contributed by atoms with E-state index >= 15 is 0 Å². The lowest BCUT2D eigenvalue weighted by Gasteiger charge is -2.31. The van der Waals surface area contributed by atoms with Crippen LogP contribution in [0.15, 0.2) is 29.3 Å². The van der Waals surface area contributed by atoms with E-state index in [0.717, 1.165) is 0 Å². The van der Waals surface area contributed by atoms with Crippen molar-refractivity contribution >= 4 is 47.6 Å². The number of carbonyl (C=O) groups is 7. The predicted molar refractivity (Wildman–Crippen MR) is 199 cm³/mol. The lowest BCUT2D eigenvalue weighted by Crippen LogP contribution is -2.60. The van der Waals surface area contributed by atoms with E-state index < -0.39 is 96.7 Å². The van der Waals surface area contributed by atoms with Crippen LogP contribution in [-0.2, 0) is 40.0 Å². The number of aliphatic hydroxyl groups is 1. The van der Waals surface area contributed by atoms with Gasteiger partial charge in [-0.3, -0.25) is 38.6 Å². The molecule has 2 aliphatic heterocycles. The monoisotopic (exact) mass is 756 g/mol.